The molecule has 0 radical (unpaired) electrons. The molecule has 8 heteroatoms. The molecule has 3 aromatic rings. The molecular formula is C24H23NO6S. The highest BCUT2D eigenvalue weighted by Crippen LogP contribution is 2.42. The summed E-state index contributed by atoms with van der Waals surface area (Å²) in [6, 6.07) is 9.55. The SMILES string of the molecule is COc1cccc(C2c3c(oc4c(C)cc(C)cc4c3=O)C(=O)N2C2CCS(=O)(=O)C2)c1. The molecule has 1 fully saturated rings. The molecular weight excluding hydrogens is 430 g/mol. The van der Waals surface area contributed by atoms with Crippen LogP contribution in [0, 0.1) is 13.8 Å². The van der Waals surface area contributed by atoms with E-state index in [1.807, 2.05) is 26.0 Å². The van der Waals surface area contributed by atoms with Crippen LogP contribution in [-0.2, 0) is 9.84 Å². The van der Waals surface area contributed by atoms with Gasteiger partial charge in [-0.05, 0) is 55.2 Å². The molecule has 3 heterocycles. The van der Waals surface area contributed by atoms with Gasteiger partial charge in [0.05, 0.1) is 35.6 Å². The number of aryl methyl sites for hydroxylation is 2. The molecule has 0 N–H and O–H groups in total. The maximum Gasteiger partial charge on any atom is 0.291 e. The van der Waals surface area contributed by atoms with Crippen molar-refractivity contribution in [1.29, 1.82) is 0 Å². The Balaban J connectivity index is 1.79. The number of nitrogens with zero attached hydrogens (tertiary/aromatic N) is 1. The summed E-state index contributed by atoms with van der Waals surface area (Å²) in [6.45, 7) is 3.74. The lowest BCUT2D eigenvalue weighted by Crippen LogP contribution is -2.40. The third kappa shape index (κ3) is 3.12. The van der Waals surface area contributed by atoms with Gasteiger partial charge in [0.2, 0.25) is 5.76 Å². The number of benzene rings is 2. The normalized spacial score (nSPS) is 21.8. The minimum absolute atomic E-state index is 0.00780. The second kappa shape index (κ2) is 7.20. The monoisotopic (exact) mass is 453 g/mol. The number of ether oxygens (including phenoxy) is 1. The van der Waals surface area contributed by atoms with E-state index < -0.39 is 27.8 Å². The summed E-state index contributed by atoms with van der Waals surface area (Å²) < 4.78 is 35.9. The molecule has 1 saturated heterocycles. The number of rotatable bonds is 3. The smallest absolute Gasteiger partial charge is 0.291 e. The van der Waals surface area contributed by atoms with Crippen molar-refractivity contribution in [2.45, 2.75) is 32.4 Å². The molecule has 2 atom stereocenters. The maximum atomic E-state index is 13.7. The van der Waals surface area contributed by atoms with Gasteiger partial charge in [-0.15, -0.1) is 0 Å². The molecule has 2 aliphatic heterocycles. The topological polar surface area (TPSA) is 93.9 Å². The van der Waals surface area contributed by atoms with E-state index in [1.165, 1.54) is 4.90 Å². The molecule has 0 aliphatic carbocycles. The Morgan fingerprint density at radius 1 is 1.12 bits per heavy atom. The average molecular weight is 454 g/mol. The van der Waals surface area contributed by atoms with Gasteiger partial charge >= 0.3 is 0 Å². The molecule has 0 saturated carbocycles. The lowest BCUT2D eigenvalue weighted by molar-refractivity contribution is 0.0662. The molecule has 2 aliphatic rings. The van der Waals surface area contributed by atoms with E-state index >= 15 is 0 Å². The zero-order chi connectivity index (χ0) is 22.8. The van der Waals surface area contributed by atoms with Crippen LogP contribution < -0.4 is 10.2 Å². The van der Waals surface area contributed by atoms with E-state index in [1.54, 1.807) is 31.4 Å². The number of amides is 1. The average Bonchev–Trinajstić information content (AvgIpc) is 3.25. The quantitative estimate of drug-likeness (QED) is 0.605. The van der Waals surface area contributed by atoms with Crippen LogP contribution in [0.4, 0.5) is 0 Å². The molecule has 2 aromatic carbocycles. The Hall–Kier alpha value is -3.13. The van der Waals surface area contributed by atoms with Gasteiger partial charge in [0.15, 0.2) is 15.3 Å². The molecule has 0 bridgehead atoms. The largest absolute Gasteiger partial charge is 0.497 e. The standard InChI is InChI=1S/C24H23NO6S/c1-13-9-14(2)22-18(10-13)21(26)19-20(15-5-4-6-17(11-15)30-3)25(24(27)23(19)31-22)16-7-8-32(28,29)12-16/h4-6,9-11,16,20H,7-8,12H2,1-3H3. The van der Waals surface area contributed by atoms with E-state index in [0.717, 1.165) is 11.1 Å². The summed E-state index contributed by atoms with van der Waals surface area (Å²) in [7, 11) is -1.71. The third-order valence-corrected chi connectivity index (χ3v) is 8.10. The first-order valence-electron chi connectivity index (χ1n) is 10.4. The molecule has 1 aromatic heterocycles. The second-order valence-corrected chi connectivity index (χ2v) is 10.8. The number of carbonyl (C=O) groups excluding carboxylic acids is 1. The highest BCUT2D eigenvalue weighted by molar-refractivity contribution is 7.91. The highest BCUT2D eigenvalue weighted by Gasteiger charge is 2.48. The van der Waals surface area contributed by atoms with Crippen molar-refractivity contribution in [2.75, 3.05) is 18.6 Å². The third-order valence-electron chi connectivity index (χ3n) is 6.35. The number of hydrogen-bond acceptors (Lipinski definition) is 6. The first-order valence-corrected chi connectivity index (χ1v) is 12.3. The second-order valence-electron chi connectivity index (χ2n) is 8.58. The van der Waals surface area contributed by atoms with Gasteiger partial charge in [0.25, 0.3) is 5.91 Å². The zero-order valence-corrected chi connectivity index (χ0v) is 18.9. The van der Waals surface area contributed by atoms with Crippen LogP contribution >= 0.6 is 0 Å². The number of carbonyl (C=O) groups is 1. The molecule has 166 valence electrons. The Bertz CT molecular complexity index is 1440. The van der Waals surface area contributed by atoms with Crippen LogP contribution in [0.2, 0.25) is 0 Å². The highest BCUT2D eigenvalue weighted by atomic mass is 32.2. The summed E-state index contributed by atoms with van der Waals surface area (Å²) in [5.41, 5.74) is 2.74. The Morgan fingerprint density at radius 2 is 1.91 bits per heavy atom. The van der Waals surface area contributed by atoms with E-state index in [0.29, 0.717) is 28.7 Å². The fraction of sp³-hybridized carbons (Fsp3) is 0.333. The van der Waals surface area contributed by atoms with E-state index in [2.05, 4.69) is 0 Å². The van der Waals surface area contributed by atoms with Crippen molar-refractivity contribution >= 4 is 26.7 Å². The van der Waals surface area contributed by atoms with Gasteiger partial charge in [0.1, 0.15) is 11.3 Å². The fourth-order valence-corrected chi connectivity index (χ4v) is 6.67. The Labute approximate surface area is 185 Å². The van der Waals surface area contributed by atoms with Crippen molar-refractivity contribution in [3.05, 3.63) is 74.6 Å². The van der Waals surface area contributed by atoms with E-state index in [4.69, 9.17) is 9.15 Å². The van der Waals surface area contributed by atoms with Crippen molar-refractivity contribution in [3.63, 3.8) is 0 Å². The molecule has 32 heavy (non-hydrogen) atoms. The van der Waals surface area contributed by atoms with Crippen LogP contribution in [0.3, 0.4) is 0 Å². The summed E-state index contributed by atoms with van der Waals surface area (Å²) in [4.78, 5) is 28.8. The van der Waals surface area contributed by atoms with Crippen LogP contribution in [0.15, 0.2) is 45.6 Å². The summed E-state index contributed by atoms with van der Waals surface area (Å²) >= 11 is 0. The minimum Gasteiger partial charge on any atom is -0.497 e. The number of fused-ring (bicyclic) bond motifs is 2. The number of sulfone groups is 1. The summed E-state index contributed by atoms with van der Waals surface area (Å²) in [6.07, 6.45) is 0.328. The van der Waals surface area contributed by atoms with Crippen LogP contribution in [0.25, 0.3) is 11.0 Å². The lowest BCUT2D eigenvalue weighted by Gasteiger charge is -2.30. The van der Waals surface area contributed by atoms with Crippen molar-refractivity contribution in [2.24, 2.45) is 0 Å². The number of methoxy groups -OCH3 is 1. The fourth-order valence-electron chi connectivity index (χ4n) is 4.95. The van der Waals surface area contributed by atoms with Crippen LogP contribution in [0.1, 0.15) is 45.3 Å². The van der Waals surface area contributed by atoms with Gasteiger partial charge in [-0.3, -0.25) is 9.59 Å². The molecule has 7 nitrogen and oxygen atoms in total. The first-order chi connectivity index (χ1) is 15.2. The van der Waals surface area contributed by atoms with Gasteiger partial charge in [0, 0.05) is 6.04 Å². The Kier molecular flexibility index (Phi) is 4.67. The first kappa shape index (κ1) is 20.8. The van der Waals surface area contributed by atoms with Crippen molar-refractivity contribution in [3.8, 4) is 5.75 Å². The van der Waals surface area contributed by atoms with E-state index in [9.17, 15) is 18.0 Å². The summed E-state index contributed by atoms with van der Waals surface area (Å²) in [5, 5.41) is 0.419. The van der Waals surface area contributed by atoms with Gasteiger partial charge in [-0.25, -0.2) is 8.42 Å². The van der Waals surface area contributed by atoms with Crippen molar-refractivity contribution in [1.82, 2.24) is 4.90 Å². The maximum absolute atomic E-state index is 13.7. The van der Waals surface area contributed by atoms with Gasteiger partial charge < -0.3 is 14.1 Å². The molecule has 0 spiro atoms. The van der Waals surface area contributed by atoms with E-state index in [-0.39, 0.29) is 28.3 Å². The van der Waals surface area contributed by atoms with Crippen molar-refractivity contribution < 1.29 is 22.4 Å². The lowest BCUT2D eigenvalue weighted by atomic mass is 9.96. The van der Waals surface area contributed by atoms with Crippen LogP contribution in [0.5, 0.6) is 5.75 Å². The predicted molar refractivity (Wildman–Crippen MR) is 120 cm³/mol. The minimum atomic E-state index is -3.25. The number of hydrogen-bond donors (Lipinski definition) is 0. The zero-order valence-electron chi connectivity index (χ0n) is 18.0. The van der Waals surface area contributed by atoms with Gasteiger partial charge in [-0.2, -0.15) is 0 Å². The molecule has 5 rings (SSSR count). The summed E-state index contributed by atoms with van der Waals surface area (Å²) in [5.74, 6) is 0.0169. The predicted octanol–water partition coefficient (Wildman–Crippen LogP) is 3.15. The molecule has 2 unspecified atom stereocenters. The molecule has 1 amide bonds. The van der Waals surface area contributed by atoms with Gasteiger partial charge in [-0.1, -0.05) is 18.2 Å². The Morgan fingerprint density at radius 3 is 2.59 bits per heavy atom. The van der Waals surface area contributed by atoms with Crippen LogP contribution in [-0.4, -0.2) is 43.9 Å².